The SMILES string of the molecule is O=[N+]([O-])c1ccc(OCc2ccc(Br)cn2)cc1F. The molecule has 0 bridgehead atoms. The first-order valence-corrected chi connectivity index (χ1v) is 6.03. The Hall–Kier alpha value is -2.02. The maximum Gasteiger partial charge on any atom is 0.305 e. The Morgan fingerprint density at radius 2 is 2.16 bits per heavy atom. The summed E-state index contributed by atoms with van der Waals surface area (Å²) in [5.74, 6) is -0.709. The van der Waals surface area contributed by atoms with Gasteiger partial charge in [-0.2, -0.15) is 4.39 Å². The Kier molecular flexibility index (Phi) is 4.06. The summed E-state index contributed by atoms with van der Waals surface area (Å²) in [4.78, 5) is 13.8. The highest BCUT2D eigenvalue weighted by atomic mass is 79.9. The molecule has 0 radical (unpaired) electrons. The molecule has 0 aliphatic rings. The summed E-state index contributed by atoms with van der Waals surface area (Å²) in [5.41, 5.74) is 0.0936. The number of ether oxygens (including phenoxy) is 1. The van der Waals surface area contributed by atoms with Gasteiger partial charge >= 0.3 is 5.69 Å². The number of aromatic nitrogens is 1. The van der Waals surface area contributed by atoms with E-state index in [1.807, 2.05) is 6.07 Å². The van der Waals surface area contributed by atoms with E-state index < -0.39 is 16.4 Å². The molecule has 19 heavy (non-hydrogen) atoms. The summed E-state index contributed by atoms with van der Waals surface area (Å²) in [6, 6.07) is 6.96. The molecule has 1 heterocycles. The second kappa shape index (κ2) is 5.75. The molecule has 0 aliphatic heterocycles. The maximum atomic E-state index is 13.3. The van der Waals surface area contributed by atoms with Crippen molar-refractivity contribution in [1.82, 2.24) is 4.98 Å². The molecule has 0 unspecified atom stereocenters. The fraction of sp³-hybridized carbons (Fsp3) is 0.0833. The number of nitro groups is 1. The van der Waals surface area contributed by atoms with Gasteiger partial charge in [-0.3, -0.25) is 15.1 Å². The van der Waals surface area contributed by atoms with Crippen LogP contribution in [0.5, 0.6) is 5.75 Å². The molecular weight excluding hydrogens is 319 g/mol. The van der Waals surface area contributed by atoms with Gasteiger partial charge in [0, 0.05) is 22.8 Å². The van der Waals surface area contributed by atoms with Gasteiger partial charge in [0.15, 0.2) is 0 Å². The van der Waals surface area contributed by atoms with Crippen LogP contribution in [-0.4, -0.2) is 9.91 Å². The average Bonchev–Trinajstić information content (AvgIpc) is 2.37. The lowest BCUT2D eigenvalue weighted by molar-refractivity contribution is -0.387. The molecule has 2 aromatic rings. The van der Waals surface area contributed by atoms with Gasteiger partial charge in [-0.05, 0) is 34.1 Å². The van der Waals surface area contributed by atoms with Crippen LogP contribution in [-0.2, 0) is 6.61 Å². The van der Waals surface area contributed by atoms with Crippen LogP contribution >= 0.6 is 15.9 Å². The van der Waals surface area contributed by atoms with E-state index in [4.69, 9.17) is 4.74 Å². The number of halogens is 2. The monoisotopic (exact) mass is 326 g/mol. The summed E-state index contributed by atoms with van der Waals surface area (Å²) in [6.45, 7) is 0.157. The Morgan fingerprint density at radius 3 is 2.74 bits per heavy atom. The number of benzene rings is 1. The molecule has 0 N–H and O–H groups in total. The van der Waals surface area contributed by atoms with Crippen LogP contribution in [0.4, 0.5) is 10.1 Å². The van der Waals surface area contributed by atoms with Gasteiger partial charge in [-0.15, -0.1) is 0 Å². The van der Waals surface area contributed by atoms with Crippen LogP contribution < -0.4 is 4.74 Å². The smallest absolute Gasteiger partial charge is 0.305 e. The van der Waals surface area contributed by atoms with Gasteiger partial charge in [0.25, 0.3) is 0 Å². The minimum absolute atomic E-state index is 0.157. The number of rotatable bonds is 4. The number of hydrogen-bond donors (Lipinski definition) is 0. The summed E-state index contributed by atoms with van der Waals surface area (Å²) in [6.07, 6.45) is 1.62. The highest BCUT2D eigenvalue weighted by molar-refractivity contribution is 9.10. The zero-order valence-corrected chi connectivity index (χ0v) is 11.1. The number of hydrogen-bond acceptors (Lipinski definition) is 4. The first kappa shape index (κ1) is 13.4. The van der Waals surface area contributed by atoms with E-state index in [1.54, 1.807) is 12.3 Å². The van der Waals surface area contributed by atoms with Crippen molar-refractivity contribution in [3.63, 3.8) is 0 Å². The quantitative estimate of drug-likeness (QED) is 0.637. The van der Waals surface area contributed by atoms with Crippen molar-refractivity contribution < 1.29 is 14.1 Å². The molecule has 1 aromatic carbocycles. The third-order valence-corrected chi connectivity index (χ3v) is 2.76. The molecule has 0 aliphatic carbocycles. The van der Waals surface area contributed by atoms with Crippen molar-refractivity contribution in [3.8, 4) is 5.75 Å². The Balaban J connectivity index is 2.06. The number of pyridine rings is 1. The predicted molar refractivity (Wildman–Crippen MR) is 69.3 cm³/mol. The normalized spacial score (nSPS) is 10.2. The van der Waals surface area contributed by atoms with E-state index >= 15 is 0 Å². The van der Waals surface area contributed by atoms with Crippen molar-refractivity contribution in [2.45, 2.75) is 6.61 Å². The molecule has 0 fully saturated rings. The molecule has 0 saturated heterocycles. The van der Waals surface area contributed by atoms with Gasteiger partial charge in [0.2, 0.25) is 5.82 Å². The van der Waals surface area contributed by atoms with Gasteiger partial charge in [-0.25, -0.2) is 0 Å². The van der Waals surface area contributed by atoms with Gasteiger partial charge in [-0.1, -0.05) is 0 Å². The fourth-order valence-corrected chi connectivity index (χ4v) is 1.61. The average molecular weight is 327 g/mol. The molecule has 0 saturated carbocycles. The predicted octanol–water partition coefficient (Wildman–Crippen LogP) is 3.47. The minimum Gasteiger partial charge on any atom is -0.487 e. The first-order valence-electron chi connectivity index (χ1n) is 5.23. The molecule has 98 valence electrons. The summed E-state index contributed by atoms with van der Waals surface area (Å²) >= 11 is 3.26. The van der Waals surface area contributed by atoms with Gasteiger partial charge in [0.1, 0.15) is 12.4 Å². The fourth-order valence-electron chi connectivity index (χ4n) is 1.37. The van der Waals surface area contributed by atoms with E-state index in [9.17, 15) is 14.5 Å². The highest BCUT2D eigenvalue weighted by Crippen LogP contribution is 2.22. The highest BCUT2D eigenvalue weighted by Gasteiger charge is 2.14. The van der Waals surface area contributed by atoms with Crippen molar-refractivity contribution in [2.24, 2.45) is 0 Å². The largest absolute Gasteiger partial charge is 0.487 e. The van der Waals surface area contributed by atoms with Gasteiger partial charge < -0.3 is 4.74 Å². The van der Waals surface area contributed by atoms with Crippen molar-refractivity contribution in [2.75, 3.05) is 0 Å². The van der Waals surface area contributed by atoms with Crippen molar-refractivity contribution >= 4 is 21.6 Å². The lowest BCUT2D eigenvalue weighted by Gasteiger charge is -2.05. The second-order valence-corrected chi connectivity index (χ2v) is 4.54. The van der Waals surface area contributed by atoms with Crippen LogP contribution in [0.25, 0.3) is 0 Å². The third-order valence-electron chi connectivity index (χ3n) is 2.29. The Bertz CT molecular complexity index is 604. The van der Waals surface area contributed by atoms with E-state index in [2.05, 4.69) is 20.9 Å². The summed E-state index contributed by atoms with van der Waals surface area (Å²) in [5, 5.41) is 10.5. The van der Waals surface area contributed by atoms with E-state index in [0.717, 1.165) is 16.6 Å². The lowest BCUT2D eigenvalue weighted by Crippen LogP contribution is -1.99. The van der Waals surface area contributed by atoms with Crippen LogP contribution in [0.2, 0.25) is 0 Å². The van der Waals surface area contributed by atoms with Crippen LogP contribution in [0.15, 0.2) is 41.0 Å². The first-order chi connectivity index (χ1) is 9.06. The molecule has 5 nitrogen and oxygen atoms in total. The van der Waals surface area contributed by atoms with Crippen molar-refractivity contribution in [1.29, 1.82) is 0 Å². The summed E-state index contributed by atoms with van der Waals surface area (Å²) in [7, 11) is 0. The third kappa shape index (κ3) is 3.47. The molecule has 0 atom stereocenters. The molecule has 0 spiro atoms. The molecule has 2 rings (SSSR count). The lowest BCUT2D eigenvalue weighted by atomic mass is 10.3. The molecule has 7 heteroatoms. The topological polar surface area (TPSA) is 65.3 Å². The minimum atomic E-state index is -0.925. The van der Waals surface area contributed by atoms with Crippen LogP contribution in [0.3, 0.4) is 0 Å². The molecule has 0 amide bonds. The number of nitro benzene ring substituents is 1. The maximum absolute atomic E-state index is 13.3. The summed E-state index contributed by atoms with van der Waals surface area (Å²) < 4.78 is 19.5. The Labute approximate surface area is 116 Å². The van der Waals surface area contributed by atoms with Gasteiger partial charge in [0.05, 0.1) is 10.6 Å². The second-order valence-electron chi connectivity index (χ2n) is 3.63. The molecule has 1 aromatic heterocycles. The zero-order valence-electron chi connectivity index (χ0n) is 9.55. The number of nitrogens with zero attached hydrogens (tertiary/aromatic N) is 2. The zero-order chi connectivity index (χ0) is 13.8. The van der Waals surface area contributed by atoms with E-state index in [-0.39, 0.29) is 12.4 Å². The van der Waals surface area contributed by atoms with Crippen LogP contribution in [0, 0.1) is 15.9 Å². The standard InChI is InChI=1S/C12H8BrFN2O3/c13-8-1-2-9(15-6-8)7-19-10-3-4-12(16(17)18)11(14)5-10/h1-6H,7H2. The van der Waals surface area contributed by atoms with E-state index in [0.29, 0.717) is 5.69 Å². The van der Waals surface area contributed by atoms with Crippen molar-refractivity contribution in [3.05, 3.63) is 62.6 Å². The van der Waals surface area contributed by atoms with E-state index in [1.165, 1.54) is 6.07 Å². The molecular formula is C12H8BrFN2O3. The Morgan fingerprint density at radius 1 is 1.37 bits per heavy atom. The van der Waals surface area contributed by atoms with Crippen LogP contribution in [0.1, 0.15) is 5.69 Å².